The Morgan fingerprint density at radius 1 is 1.18 bits per heavy atom. The molecule has 0 aliphatic carbocycles. The topological polar surface area (TPSA) is 97.7 Å². The summed E-state index contributed by atoms with van der Waals surface area (Å²) in [4.78, 5) is 16.6. The molecule has 1 aromatic heterocycles. The Morgan fingerprint density at radius 2 is 1.94 bits per heavy atom. The largest absolute Gasteiger partial charge is 0.378 e. The van der Waals surface area contributed by atoms with Crippen molar-refractivity contribution >= 4 is 71.5 Å². The standard InChI is InChI=1S/C23H18BrN3O4S3/c1-15-6-9-17(10-7-15)34(29,30)31-20-11-8-16(12-18(20)24)13-25-27-22(28)14-32-23-26-19-4-2-3-5-21(19)33-23/h2-13H,14H2,1H3,(H,27,28). The fraction of sp³-hybridized carbons (Fsp3) is 0.0870. The van der Waals surface area contributed by atoms with Gasteiger partial charge >= 0.3 is 10.1 Å². The highest BCUT2D eigenvalue weighted by molar-refractivity contribution is 9.10. The van der Waals surface area contributed by atoms with Crippen molar-refractivity contribution in [3.8, 4) is 5.75 Å². The van der Waals surface area contributed by atoms with Gasteiger partial charge in [-0.25, -0.2) is 10.4 Å². The summed E-state index contributed by atoms with van der Waals surface area (Å²) in [5, 5.41) is 3.96. The second-order valence-electron chi connectivity index (χ2n) is 7.07. The number of fused-ring (bicyclic) bond motifs is 1. The predicted molar refractivity (Wildman–Crippen MR) is 139 cm³/mol. The van der Waals surface area contributed by atoms with Gasteiger partial charge in [-0.1, -0.05) is 41.6 Å². The van der Waals surface area contributed by atoms with E-state index in [1.54, 1.807) is 24.3 Å². The van der Waals surface area contributed by atoms with Gasteiger partial charge in [0.05, 0.1) is 26.7 Å². The first-order valence-corrected chi connectivity index (χ1v) is 13.9. The molecule has 0 aliphatic heterocycles. The fourth-order valence-electron chi connectivity index (χ4n) is 2.79. The van der Waals surface area contributed by atoms with Crippen molar-refractivity contribution in [3.05, 3.63) is 82.3 Å². The molecule has 0 saturated carbocycles. The molecule has 4 rings (SSSR count). The molecule has 174 valence electrons. The Morgan fingerprint density at radius 3 is 2.68 bits per heavy atom. The second-order valence-corrected chi connectivity index (χ2v) is 11.7. The molecule has 0 saturated heterocycles. The quantitative estimate of drug-likeness (QED) is 0.131. The summed E-state index contributed by atoms with van der Waals surface area (Å²) in [5.41, 5.74) is 4.99. The number of rotatable bonds is 8. The number of hydrogen-bond acceptors (Lipinski definition) is 8. The number of nitrogens with one attached hydrogen (secondary N) is 1. The highest BCUT2D eigenvalue weighted by atomic mass is 79.9. The Hall–Kier alpha value is -2.73. The van der Waals surface area contributed by atoms with E-state index in [1.807, 2.05) is 31.2 Å². The molecule has 34 heavy (non-hydrogen) atoms. The van der Waals surface area contributed by atoms with E-state index in [-0.39, 0.29) is 22.3 Å². The van der Waals surface area contributed by atoms with Gasteiger partial charge in [0.25, 0.3) is 5.91 Å². The molecule has 0 radical (unpaired) electrons. The molecule has 1 N–H and O–H groups in total. The SMILES string of the molecule is Cc1ccc(S(=O)(=O)Oc2ccc(C=NNC(=O)CSc3nc4ccccc4s3)cc2Br)cc1. The van der Waals surface area contributed by atoms with E-state index in [9.17, 15) is 13.2 Å². The number of aryl methyl sites for hydroxylation is 1. The Balaban J connectivity index is 1.32. The van der Waals surface area contributed by atoms with E-state index in [0.29, 0.717) is 10.0 Å². The number of nitrogens with zero attached hydrogens (tertiary/aromatic N) is 2. The molecule has 1 heterocycles. The van der Waals surface area contributed by atoms with Crippen LogP contribution in [-0.4, -0.2) is 31.3 Å². The van der Waals surface area contributed by atoms with Crippen LogP contribution in [0.15, 0.2) is 85.5 Å². The number of carbonyl (C=O) groups excluding carboxylic acids is 1. The van der Waals surface area contributed by atoms with E-state index < -0.39 is 10.1 Å². The lowest BCUT2D eigenvalue weighted by Crippen LogP contribution is -2.19. The van der Waals surface area contributed by atoms with Gasteiger partial charge in [-0.05, 0) is 70.9 Å². The lowest BCUT2D eigenvalue weighted by molar-refractivity contribution is -0.118. The van der Waals surface area contributed by atoms with Gasteiger partial charge < -0.3 is 4.18 Å². The Bertz CT molecular complexity index is 1440. The van der Waals surface area contributed by atoms with Crippen LogP contribution in [0, 0.1) is 6.92 Å². The number of benzene rings is 3. The van der Waals surface area contributed by atoms with Gasteiger partial charge in [-0.2, -0.15) is 13.5 Å². The normalized spacial score (nSPS) is 11.7. The molecule has 3 aromatic carbocycles. The number of amides is 1. The van der Waals surface area contributed by atoms with Crippen LogP contribution in [0.5, 0.6) is 5.75 Å². The van der Waals surface area contributed by atoms with Crippen molar-refractivity contribution in [2.75, 3.05) is 5.75 Å². The second kappa shape index (κ2) is 10.7. The summed E-state index contributed by atoms with van der Waals surface area (Å²) >= 11 is 6.21. The number of hydrazone groups is 1. The minimum absolute atomic E-state index is 0.0714. The van der Waals surface area contributed by atoms with Crippen LogP contribution in [0.3, 0.4) is 0 Å². The summed E-state index contributed by atoms with van der Waals surface area (Å²) in [6.07, 6.45) is 1.46. The molecule has 4 aromatic rings. The van der Waals surface area contributed by atoms with Crippen molar-refractivity contribution in [2.24, 2.45) is 5.10 Å². The van der Waals surface area contributed by atoms with E-state index in [1.165, 1.54) is 47.5 Å². The number of thiazole rings is 1. The van der Waals surface area contributed by atoms with Crippen molar-refractivity contribution in [3.63, 3.8) is 0 Å². The molecule has 7 nitrogen and oxygen atoms in total. The zero-order valence-electron chi connectivity index (χ0n) is 17.8. The van der Waals surface area contributed by atoms with Gasteiger partial charge in [0.1, 0.15) is 4.90 Å². The third kappa shape index (κ3) is 6.23. The Labute approximate surface area is 213 Å². The maximum absolute atomic E-state index is 12.5. The smallest absolute Gasteiger partial charge is 0.339 e. The van der Waals surface area contributed by atoms with E-state index in [2.05, 4.69) is 31.4 Å². The summed E-state index contributed by atoms with van der Waals surface area (Å²) in [7, 11) is -3.96. The Kier molecular flexibility index (Phi) is 7.67. The maximum atomic E-state index is 12.5. The van der Waals surface area contributed by atoms with Crippen molar-refractivity contribution in [2.45, 2.75) is 16.2 Å². The number of carbonyl (C=O) groups is 1. The van der Waals surface area contributed by atoms with E-state index in [0.717, 1.165) is 20.1 Å². The average Bonchev–Trinajstić information content (AvgIpc) is 3.23. The third-order valence-electron chi connectivity index (χ3n) is 4.47. The van der Waals surface area contributed by atoms with Gasteiger partial charge in [-0.3, -0.25) is 4.79 Å². The molecule has 0 unspecified atom stereocenters. The molecule has 0 bridgehead atoms. The predicted octanol–water partition coefficient (Wildman–Crippen LogP) is 5.38. The van der Waals surface area contributed by atoms with E-state index in [4.69, 9.17) is 4.18 Å². The van der Waals surface area contributed by atoms with Crippen LogP contribution in [0.2, 0.25) is 0 Å². The first kappa shape index (κ1) is 24.4. The van der Waals surface area contributed by atoms with Gasteiger partial charge in [-0.15, -0.1) is 11.3 Å². The molecule has 0 fully saturated rings. The monoisotopic (exact) mass is 575 g/mol. The van der Waals surface area contributed by atoms with Crippen LogP contribution < -0.4 is 9.61 Å². The van der Waals surface area contributed by atoms with Crippen LogP contribution in [0.25, 0.3) is 10.2 Å². The first-order valence-electron chi connectivity index (χ1n) is 9.91. The fourth-order valence-corrected chi connectivity index (χ4v) is 6.18. The van der Waals surface area contributed by atoms with Crippen LogP contribution >= 0.6 is 39.0 Å². The highest BCUT2D eigenvalue weighted by Gasteiger charge is 2.18. The van der Waals surface area contributed by atoms with Crippen LogP contribution in [-0.2, 0) is 14.9 Å². The summed E-state index contributed by atoms with van der Waals surface area (Å²) in [6, 6.07) is 19.0. The van der Waals surface area contributed by atoms with E-state index >= 15 is 0 Å². The minimum Gasteiger partial charge on any atom is -0.378 e. The number of para-hydroxylation sites is 1. The zero-order valence-corrected chi connectivity index (χ0v) is 21.8. The summed E-state index contributed by atoms with van der Waals surface area (Å²) in [6.45, 7) is 1.87. The van der Waals surface area contributed by atoms with Gasteiger partial charge in [0, 0.05) is 0 Å². The first-order chi connectivity index (χ1) is 16.3. The summed E-state index contributed by atoms with van der Waals surface area (Å²) in [5.74, 6) is 0.0718. The maximum Gasteiger partial charge on any atom is 0.339 e. The minimum atomic E-state index is -3.96. The van der Waals surface area contributed by atoms with Crippen LogP contribution in [0.1, 0.15) is 11.1 Å². The number of thioether (sulfide) groups is 1. The average molecular weight is 577 g/mol. The molecular weight excluding hydrogens is 558 g/mol. The molecule has 11 heteroatoms. The molecule has 0 aliphatic rings. The van der Waals surface area contributed by atoms with Gasteiger partial charge in [0.15, 0.2) is 10.1 Å². The molecule has 0 atom stereocenters. The van der Waals surface area contributed by atoms with Crippen molar-refractivity contribution in [1.82, 2.24) is 10.4 Å². The number of hydrogen-bond donors (Lipinski definition) is 1. The summed E-state index contributed by atoms with van der Waals surface area (Å²) < 4.78 is 32.6. The third-order valence-corrected chi connectivity index (χ3v) is 8.52. The number of aromatic nitrogens is 1. The van der Waals surface area contributed by atoms with Crippen molar-refractivity contribution in [1.29, 1.82) is 0 Å². The molecular formula is C23H18BrN3O4S3. The van der Waals surface area contributed by atoms with Crippen LogP contribution in [0.4, 0.5) is 0 Å². The lowest BCUT2D eigenvalue weighted by Gasteiger charge is -2.09. The molecule has 1 amide bonds. The number of halogens is 1. The molecule has 0 spiro atoms. The van der Waals surface area contributed by atoms with Gasteiger partial charge in [0.2, 0.25) is 0 Å². The highest BCUT2D eigenvalue weighted by Crippen LogP contribution is 2.30. The zero-order chi connectivity index (χ0) is 24.1. The van der Waals surface area contributed by atoms with Crippen molar-refractivity contribution < 1.29 is 17.4 Å². The lowest BCUT2D eigenvalue weighted by atomic mass is 10.2.